The zero-order valence-electron chi connectivity index (χ0n) is 16.0. The van der Waals surface area contributed by atoms with Crippen molar-refractivity contribution < 1.29 is 19.1 Å². The van der Waals surface area contributed by atoms with Gasteiger partial charge in [-0.1, -0.05) is 43.8 Å². The van der Waals surface area contributed by atoms with Crippen LogP contribution in [0.3, 0.4) is 0 Å². The summed E-state index contributed by atoms with van der Waals surface area (Å²) in [5.41, 5.74) is 5.72. The van der Waals surface area contributed by atoms with Gasteiger partial charge in [0.15, 0.2) is 0 Å². The van der Waals surface area contributed by atoms with Crippen molar-refractivity contribution in [2.24, 2.45) is 0 Å². The van der Waals surface area contributed by atoms with E-state index in [1.54, 1.807) is 11.8 Å². The van der Waals surface area contributed by atoms with Crippen molar-refractivity contribution in [2.45, 2.75) is 39.5 Å². The molecule has 6 heteroatoms. The number of fused-ring (bicyclic) bond motifs is 1. The molecule has 0 fully saturated rings. The number of carbonyl (C=O) groups is 2. The number of amides is 1. The Morgan fingerprint density at radius 2 is 1.88 bits per heavy atom. The van der Waals surface area contributed by atoms with E-state index in [4.69, 9.17) is 9.47 Å². The first-order chi connectivity index (χ1) is 12.2. The highest BCUT2D eigenvalue weighted by Crippen LogP contribution is 2.34. The second-order valence-electron chi connectivity index (χ2n) is 7.02. The molecule has 1 aromatic carbocycles. The molecular weight excluding hydrogens is 346 g/mol. The van der Waals surface area contributed by atoms with Crippen molar-refractivity contribution in [2.75, 3.05) is 18.1 Å². The Hall–Kier alpha value is -2.52. The van der Waals surface area contributed by atoms with E-state index in [1.807, 2.05) is 30.3 Å². The van der Waals surface area contributed by atoms with Gasteiger partial charge in [0.05, 0.1) is 12.3 Å². The van der Waals surface area contributed by atoms with E-state index in [0.29, 0.717) is 5.69 Å². The Labute approximate surface area is 156 Å². The Morgan fingerprint density at radius 3 is 2.50 bits per heavy atom. The van der Waals surface area contributed by atoms with Crippen molar-refractivity contribution in [3.8, 4) is 11.5 Å². The number of para-hydroxylation sites is 1. The molecule has 138 valence electrons. The van der Waals surface area contributed by atoms with Gasteiger partial charge in [-0.05, 0) is 24.6 Å². The summed E-state index contributed by atoms with van der Waals surface area (Å²) in [7, 11) is -1.63. The largest absolute Gasteiger partial charge is 0.461 e. The van der Waals surface area contributed by atoms with Gasteiger partial charge in [0.1, 0.15) is 20.7 Å². The van der Waals surface area contributed by atoms with Crippen molar-refractivity contribution in [3.05, 3.63) is 35.9 Å². The Bertz CT molecular complexity index is 783. The summed E-state index contributed by atoms with van der Waals surface area (Å²) in [5.74, 6) is 2.88. The van der Waals surface area contributed by atoms with E-state index >= 15 is 0 Å². The number of rotatable bonds is 3. The normalized spacial score (nSPS) is 16.0. The van der Waals surface area contributed by atoms with Gasteiger partial charge in [-0.3, -0.25) is 9.69 Å². The molecule has 0 bridgehead atoms. The fraction of sp³-hybridized carbons (Fsp3) is 0.400. The number of anilines is 1. The minimum Gasteiger partial charge on any atom is -0.461 e. The topological polar surface area (TPSA) is 55.8 Å². The van der Waals surface area contributed by atoms with Crippen LogP contribution < -0.4 is 4.90 Å². The summed E-state index contributed by atoms with van der Waals surface area (Å²) in [6.07, 6.45) is 1.45. The minimum absolute atomic E-state index is 0.147. The molecule has 0 saturated heterocycles. The molecule has 0 aromatic heterocycles. The molecule has 1 aliphatic rings. The molecule has 1 amide bonds. The molecule has 0 aliphatic carbocycles. The summed E-state index contributed by atoms with van der Waals surface area (Å²) in [6.45, 7) is 10.0. The molecule has 1 atom stereocenters. The number of hydrogen-bond donors (Lipinski definition) is 0. The van der Waals surface area contributed by atoms with E-state index < -0.39 is 20.2 Å². The molecule has 0 radical (unpaired) electrons. The van der Waals surface area contributed by atoms with Crippen LogP contribution in [-0.2, 0) is 14.3 Å². The van der Waals surface area contributed by atoms with Crippen molar-refractivity contribution in [1.82, 2.24) is 0 Å². The van der Waals surface area contributed by atoms with E-state index in [9.17, 15) is 9.59 Å². The lowest BCUT2D eigenvalue weighted by Gasteiger charge is -2.32. The van der Waals surface area contributed by atoms with Crippen LogP contribution in [0, 0.1) is 11.5 Å². The molecule has 0 saturated carbocycles. The third-order valence-electron chi connectivity index (χ3n) is 3.64. The van der Waals surface area contributed by atoms with Crippen LogP contribution in [0.25, 0.3) is 5.57 Å². The average Bonchev–Trinajstić information content (AvgIpc) is 2.57. The maximum atomic E-state index is 12.6. The summed E-state index contributed by atoms with van der Waals surface area (Å²) in [4.78, 5) is 25.4. The van der Waals surface area contributed by atoms with Gasteiger partial charge in [-0.2, -0.15) is 0 Å². The fourth-order valence-electron chi connectivity index (χ4n) is 2.57. The average molecular weight is 372 g/mol. The molecule has 0 spiro atoms. The van der Waals surface area contributed by atoms with Crippen LogP contribution >= 0.6 is 0 Å². The lowest BCUT2D eigenvalue weighted by molar-refractivity contribution is -0.139. The fourth-order valence-corrected chi connectivity index (χ4v) is 3.15. The lowest BCUT2D eigenvalue weighted by Crippen LogP contribution is -2.42. The predicted octanol–water partition coefficient (Wildman–Crippen LogP) is 3.86. The standard InChI is InChI=1S/C20H25NO4Si/c1-6-24-20(23)21-17(11-12-26(3,4)5)13-16(14-25-15(2)22)18-9-7-8-10-19(18)21/h7-10,13,17H,6,14H2,1-5H3. The number of ether oxygens (including phenoxy) is 2. The van der Waals surface area contributed by atoms with Gasteiger partial charge >= 0.3 is 12.1 Å². The Morgan fingerprint density at radius 1 is 1.19 bits per heavy atom. The van der Waals surface area contributed by atoms with Gasteiger partial charge in [-0.25, -0.2) is 4.79 Å². The van der Waals surface area contributed by atoms with Gasteiger partial charge < -0.3 is 9.47 Å². The van der Waals surface area contributed by atoms with Crippen LogP contribution in [0.2, 0.25) is 19.6 Å². The molecule has 26 heavy (non-hydrogen) atoms. The van der Waals surface area contributed by atoms with Gasteiger partial charge in [0.2, 0.25) is 0 Å². The van der Waals surface area contributed by atoms with Gasteiger partial charge in [0.25, 0.3) is 0 Å². The van der Waals surface area contributed by atoms with Crippen LogP contribution in [0.5, 0.6) is 0 Å². The summed E-state index contributed by atoms with van der Waals surface area (Å²) in [6, 6.07) is 7.05. The van der Waals surface area contributed by atoms with Crippen LogP contribution in [0.15, 0.2) is 30.3 Å². The third-order valence-corrected chi connectivity index (χ3v) is 4.53. The highest BCUT2D eigenvalue weighted by Gasteiger charge is 2.31. The molecule has 0 N–H and O–H groups in total. The third kappa shape index (κ3) is 4.99. The van der Waals surface area contributed by atoms with Gasteiger partial charge in [-0.15, -0.1) is 5.54 Å². The second-order valence-corrected chi connectivity index (χ2v) is 11.8. The molecule has 2 rings (SSSR count). The van der Waals surface area contributed by atoms with Crippen LogP contribution in [-0.4, -0.2) is 39.4 Å². The van der Waals surface area contributed by atoms with Crippen molar-refractivity contribution >= 4 is 31.4 Å². The summed E-state index contributed by atoms with van der Waals surface area (Å²) in [5, 5.41) is 0. The second kappa shape index (κ2) is 8.24. The molecule has 1 aliphatic heterocycles. The van der Waals surface area contributed by atoms with Gasteiger partial charge in [0, 0.05) is 12.5 Å². The number of esters is 1. The first kappa shape index (κ1) is 19.8. The zero-order valence-corrected chi connectivity index (χ0v) is 17.0. The number of nitrogens with zero attached hydrogens (tertiary/aromatic N) is 1. The number of carbonyl (C=O) groups excluding carboxylic acids is 2. The van der Waals surface area contributed by atoms with Crippen LogP contribution in [0.1, 0.15) is 19.4 Å². The van der Waals surface area contributed by atoms with E-state index in [-0.39, 0.29) is 19.2 Å². The Kier molecular flexibility index (Phi) is 6.27. The van der Waals surface area contributed by atoms with E-state index in [1.165, 1.54) is 6.92 Å². The summed E-state index contributed by atoms with van der Waals surface area (Å²) < 4.78 is 10.4. The quantitative estimate of drug-likeness (QED) is 0.460. The van der Waals surface area contributed by atoms with Crippen molar-refractivity contribution in [3.63, 3.8) is 0 Å². The predicted molar refractivity (Wildman–Crippen MR) is 105 cm³/mol. The molecule has 5 nitrogen and oxygen atoms in total. The van der Waals surface area contributed by atoms with E-state index in [2.05, 4.69) is 31.1 Å². The first-order valence-electron chi connectivity index (χ1n) is 8.65. The highest BCUT2D eigenvalue weighted by atomic mass is 28.3. The number of benzene rings is 1. The van der Waals surface area contributed by atoms with Crippen LogP contribution in [0.4, 0.5) is 10.5 Å². The first-order valence-corrected chi connectivity index (χ1v) is 12.1. The molecule has 1 aromatic rings. The van der Waals surface area contributed by atoms with Crippen molar-refractivity contribution in [1.29, 1.82) is 0 Å². The highest BCUT2D eigenvalue weighted by molar-refractivity contribution is 6.83. The number of hydrogen-bond acceptors (Lipinski definition) is 4. The smallest absolute Gasteiger partial charge is 0.415 e. The maximum absolute atomic E-state index is 12.6. The lowest BCUT2D eigenvalue weighted by atomic mass is 9.96. The molecule has 1 heterocycles. The zero-order chi connectivity index (χ0) is 19.3. The molecule has 1 unspecified atom stereocenters. The molecular formula is C20H25NO4Si. The SMILES string of the molecule is CCOC(=O)N1c2ccccc2C(COC(C)=O)=CC1C#C[Si](C)(C)C. The van der Waals surface area contributed by atoms with E-state index in [0.717, 1.165) is 11.1 Å². The minimum atomic E-state index is -1.63. The Balaban J connectivity index is 2.52. The maximum Gasteiger partial charge on any atom is 0.415 e. The monoisotopic (exact) mass is 371 g/mol. The summed E-state index contributed by atoms with van der Waals surface area (Å²) >= 11 is 0.